The summed E-state index contributed by atoms with van der Waals surface area (Å²) in [6.07, 6.45) is -5.22. The van der Waals surface area contributed by atoms with Crippen LogP contribution in [0.15, 0.2) is 18.2 Å². The minimum absolute atomic E-state index is 0.0165. The van der Waals surface area contributed by atoms with Crippen molar-refractivity contribution in [2.24, 2.45) is 5.92 Å². The van der Waals surface area contributed by atoms with E-state index in [1.54, 1.807) is 0 Å². The third-order valence-corrected chi connectivity index (χ3v) is 2.82. The number of rotatable bonds is 5. The van der Waals surface area contributed by atoms with Crippen LogP contribution in [0.5, 0.6) is 0 Å². The van der Waals surface area contributed by atoms with Gasteiger partial charge in [0, 0.05) is 13.1 Å². The number of aliphatic hydroxyl groups excluding tert-OH is 1. The molecule has 0 radical (unpaired) electrons. The second-order valence-corrected chi connectivity index (χ2v) is 4.74. The highest BCUT2D eigenvalue weighted by Gasteiger charge is 2.33. The van der Waals surface area contributed by atoms with E-state index < -0.39 is 23.7 Å². The molecule has 0 spiro atoms. The van der Waals surface area contributed by atoms with Gasteiger partial charge >= 0.3 is 6.18 Å². The lowest BCUT2D eigenvalue weighted by Gasteiger charge is -2.17. The summed E-state index contributed by atoms with van der Waals surface area (Å²) in [5.74, 6) is -0.902. The number of benzene rings is 1. The van der Waals surface area contributed by atoms with Crippen LogP contribution in [-0.2, 0) is 12.7 Å². The number of nitrogens with one attached hydrogen (secondary N) is 1. The van der Waals surface area contributed by atoms with Gasteiger partial charge in [-0.2, -0.15) is 13.2 Å². The fourth-order valence-corrected chi connectivity index (χ4v) is 1.56. The normalized spacial score (nSPS) is 13.9. The molecule has 0 aliphatic carbocycles. The van der Waals surface area contributed by atoms with E-state index in [0.717, 1.165) is 12.1 Å². The molecule has 1 atom stereocenters. The first kappa shape index (κ1) is 15.9. The molecule has 0 aliphatic heterocycles. The molecular weight excluding hydrogens is 262 g/mol. The Morgan fingerprint density at radius 3 is 2.42 bits per heavy atom. The van der Waals surface area contributed by atoms with Crippen molar-refractivity contribution in [2.45, 2.75) is 32.7 Å². The molecule has 19 heavy (non-hydrogen) atoms. The van der Waals surface area contributed by atoms with Gasteiger partial charge in [-0.25, -0.2) is 4.39 Å². The van der Waals surface area contributed by atoms with Crippen LogP contribution in [0.4, 0.5) is 17.6 Å². The Morgan fingerprint density at radius 1 is 1.26 bits per heavy atom. The van der Waals surface area contributed by atoms with Crippen LogP contribution < -0.4 is 5.32 Å². The zero-order chi connectivity index (χ0) is 14.6. The quantitative estimate of drug-likeness (QED) is 0.812. The Bertz CT molecular complexity index is 418. The molecule has 0 saturated carbocycles. The van der Waals surface area contributed by atoms with Gasteiger partial charge in [0.05, 0.1) is 11.7 Å². The summed E-state index contributed by atoms with van der Waals surface area (Å²) in [7, 11) is 0. The van der Waals surface area contributed by atoms with E-state index in [4.69, 9.17) is 0 Å². The number of alkyl halides is 3. The molecule has 0 bridgehead atoms. The van der Waals surface area contributed by atoms with Crippen molar-refractivity contribution in [3.05, 3.63) is 35.1 Å². The van der Waals surface area contributed by atoms with E-state index in [-0.39, 0.29) is 24.6 Å². The number of hydrogen-bond donors (Lipinski definition) is 2. The standard InChI is InChI=1S/C13H17F4NO/c1-8(2)12(19)7-18-6-9-3-4-10(14)5-11(9)13(15,16)17/h3-5,8,12,18-19H,6-7H2,1-2H3. The van der Waals surface area contributed by atoms with Gasteiger partial charge in [0.1, 0.15) is 5.82 Å². The van der Waals surface area contributed by atoms with Crippen LogP contribution in [0.3, 0.4) is 0 Å². The molecule has 2 N–H and O–H groups in total. The summed E-state index contributed by atoms with van der Waals surface area (Å²) in [5.41, 5.74) is -1.02. The molecule has 108 valence electrons. The molecule has 1 rings (SSSR count). The monoisotopic (exact) mass is 279 g/mol. The van der Waals surface area contributed by atoms with Gasteiger partial charge in [-0.3, -0.25) is 0 Å². The van der Waals surface area contributed by atoms with Crippen molar-refractivity contribution in [1.29, 1.82) is 0 Å². The van der Waals surface area contributed by atoms with E-state index in [1.807, 2.05) is 13.8 Å². The van der Waals surface area contributed by atoms with Crippen LogP contribution in [0.25, 0.3) is 0 Å². The molecular formula is C13H17F4NO. The zero-order valence-electron chi connectivity index (χ0n) is 10.8. The first-order valence-electron chi connectivity index (χ1n) is 5.96. The SMILES string of the molecule is CC(C)C(O)CNCc1ccc(F)cc1C(F)(F)F. The molecule has 1 aromatic carbocycles. The first-order valence-corrected chi connectivity index (χ1v) is 5.96. The third kappa shape index (κ3) is 4.80. The molecule has 0 aliphatic rings. The summed E-state index contributed by atoms with van der Waals surface area (Å²) >= 11 is 0. The summed E-state index contributed by atoms with van der Waals surface area (Å²) in [6.45, 7) is 3.74. The second-order valence-electron chi connectivity index (χ2n) is 4.74. The average Bonchev–Trinajstić information content (AvgIpc) is 2.29. The Hall–Kier alpha value is -1.14. The third-order valence-electron chi connectivity index (χ3n) is 2.82. The molecule has 0 aromatic heterocycles. The highest BCUT2D eigenvalue weighted by molar-refractivity contribution is 5.30. The molecule has 0 fully saturated rings. The van der Waals surface area contributed by atoms with Crippen LogP contribution in [-0.4, -0.2) is 17.8 Å². The molecule has 0 saturated heterocycles. The number of halogens is 4. The largest absolute Gasteiger partial charge is 0.416 e. The summed E-state index contributed by atoms with van der Waals surface area (Å²) < 4.78 is 51.0. The van der Waals surface area contributed by atoms with Crippen molar-refractivity contribution >= 4 is 0 Å². The van der Waals surface area contributed by atoms with Gasteiger partial charge in [-0.1, -0.05) is 19.9 Å². The maximum Gasteiger partial charge on any atom is 0.416 e. The van der Waals surface area contributed by atoms with Crippen molar-refractivity contribution < 1.29 is 22.7 Å². The van der Waals surface area contributed by atoms with Gasteiger partial charge in [0.25, 0.3) is 0 Å². The van der Waals surface area contributed by atoms with Crippen molar-refractivity contribution in [3.8, 4) is 0 Å². The number of aliphatic hydroxyl groups is 1. The van der Waals surface area contributed by atoms with Gasteiger partial charge < -0.3 is 10.4 Å². The first-order chi connectivity index (χ1) is 8.71. The Balaban J connectivity index is 2.73. The second kappa shape index (κ2) is 6.34. The van der Waals surface area contributed by atoms with Gasteiger partial charge in [-0.15, -0.1) is 0 Å². The van der Waals surface area contributed by atoms with E-state index in [9.17, 15) is 22.7 Å². The van der Waals surface area contributed by atoms with E-state index in [0.29, 0.717) is 6.07 Å². The van der Waals surface area contributed by atoms with Crippen LogP contribution >= 0.6 is 0 Å². The summed E-state index contributed by atoms with van der Waals surface area (Å²) in [4.78, 5) is 0. The minimum Gasteiger partial charge on any atom is -0.392 e. The van der Waals surface area contributed by atoms with Crippen LogP contribution in [0, 0.1) is 11.7 Å². The summed E-state index contributed by atoms with van der Waals surface area (Å²) in [5, 5.41) is 12.3. The zero-order valence-corrected chi connectivity index (χ0v) is 10.8. The van der Waals surface area contributed by atoms with Crippen molar-refractivity contribution in [2.75, 3.05) is 6.54 Å². The number of hydrogen-bond acceptors (Lipinski definition) is 2. The Kier molecular flexibility index (Phi) is 5.31. The molecule has 2 nitrogen and oxygen atoms in total. The average molecular weight is 279 g/mol. The fraction of sp³-hybridized carbons (Fsp3) is 0.538. The van der Waals surface area contributed by atoms with Crippen molar-refractivity contribution in [1.82, 2.24) is 5.32 Å². The predicted octanol–water partition coefficient (Wildman–Crippen LogP) is 2.95. The highest BCUT2D eigenvalue weighted by Crippen LogP contribution is 2.32. The van der Waals surface area contributed by atoms with Crippen LogP contribution in [0.1, 0.15) is 25.0 Å². The molecule has 6 heteroatoms. The van der Waals surface area contributed by atoms with E-state index in [1.165, 1.54) is 0 Å². The fourth-order valence-electron chi connectivity index (χ4n) is 1.56. The maximum atomic E-state index is 12.9. The van der Waals surface area contributed by atoms with E-state index >= 15 is 0 Å². The molecule has 1 unspecified atom stereocenters. The summed E-state index contributed by atoms with van der Waals surface area (Å²) in [6, 6.07) is 2.58. The molecule has 0 amide bonds. The lowest BCUT2D eigenvalue weighted by molar-refractivity contribution is -0.138. The van der Waals surface area contributed by atoms with E-state index in [2.05, 4.69) is 5.32 Å². The maximum absolute atomic E-state index is 12.9. The van der Waals surface area contributed by atoms with Gasteiger partial charge in [-0.05, 0) is 23.6 Å². The topological polar surface area (TPSA) is 32.3 Å². The molecule has 0 heterocycles. The van der Waals surface area contributed by atoms with Crippen molar-refractivity contribution in [3.63, 3.8) is 0 Å². The lowest BCUT2D eigenvalue weighted by atomic mass is 10.1. The van der Waals surface area contributed by atoms with Gasteiger partial charge in [0.2, 0.25) is 0 Å². The Morgan fingerprint density at radius 2 is 1.89 bits per heavy atom. The smallest absolute Gasteiger partial charge is 0.392 e. The van der Waals surface area contributed by atoms with Gasteiger partial charge in [0.15, 0.2) is 0 Å². The minimum atomic E-state index is -4.59. The molecule has 1 aromatic rings. The Labute approximate surface area is 109 Å². The predicted molar refractivity (Wildman–Crippen MR) is 64.0 cm³/mol. The van der Waals surface area contributed by atoms with Crippen LogP contribution in [0.2, 0.25) is 0 Å². The highest BCUT2D eigenvalue weighted by atomic mass is 19.4. The lowest BCUT2D eigenvalue weighted by Crippen LogP contribution is -2.30.